The van der Waals surface area contributed by atoms with Gasteiger partial charge in [0.05, 0.1) is 12.8 Å². The molecular weight excluding hydrogens is 278 g/mol. The number of aromatic carboxylic acids is 1. The minimum absolute atomic E-state index is 0.107. The Bertz CT molecular complexity index is 617. The third-order valence-electron chi connectivity index (χ3n) is 2.84. The molecule has 0 unspecified atom stereocenters. The fourth-order valence-electron chi connectivity index (χ4n) is 1.67. The van der Waals surface area contributed by atoms with Gasteiger partial charge in [0.15, 0.2) is 0 Å². The lowest BCUT2D eigenvalue weighted by molar-refractivity contribution is 0.0691. The first kappa shape index (κ1) is 14.3. The van der Waals surface area contributed by atoms with Gasteiger partial charge in [-0.25, -0.2) is 9.78 Å². The Morgan fingerprint density at radius 1 is 1.40 bits per heavy atom. The third kappa shape index (κ3) is 3.08. The van der Waals surface area contributed by atoms with Gasteiger partial charge in [0, 0.05) is 10.9 Å². The van der Waals surface area contributed by atoms with Gasteiger partial charge in [0.1, 0.15) is 28.7 Å². The van der Waals surface area contributed by atoms with Crippen LogP contribution >= 0.6 is 11.3 Å². The number of methoxy groups -OCH3 is 1. The average Bonchev–Trinajstić information content (AvgIpc) is 2.75. The second kappa shape index (κ2) is 5.92. The van der Waals surface area contributed by atoms with E-state index in [-0.39, 0.29) is 17.9 Å². The lowest BCUT2D eigenvalue weighted by Crippen LogP contribution is -2.03. The standard InChI is InChI=1S/C14H15NO4S/c1-8-9(2)20-13(15-8)7-19-12-6-10(18-3)4-5-11(12)14(16)17/h4-6H,7H2,1-3H3,(H,16,17). The number of carboxylic acids is 1. The summed E-state index contributed by atoms with van der Waals surface area (Å²) in [5, 5.41) is 9.96. The Labute approximate surface area is 120 Å². The molecule has 0 amide bonds. The van der Waals surface area contributed by atoms with Gasteiger partial charge in [-0.3, -0.25) is 0 Å². The predicted molar refractivity (Wildman–Crippen MR) is 75.9 cm³/mol. The van der Waals surface area contributed by atoms with Crippen molar-refractivity contribution < 1.29 is 19.4 Å². The predicted octanol–water partition coefficient (Wildman–Crippen LogP) is 3.05. The van der Waals surface area contributed by atoms with Crippen molar-refractivity contribution in [2.45, 2.75) is 20.5 Å². The van der Waals surface area contributed by atoms with E-state index in [1.54, 1.807) is 23.5 Å². The van der Waals surface area contributed by atoms with Crippen LogP contribution in [0.4, 0.5) is 0 Å². The normalized spacial score (nSPS) is 10.3. The SMILES string of the molecule is COc1ccc(C(=O)O)c(OCc2nc(C)c(C)s2)c1. The van der Waals surface area contributed by atoms with E-state index in [0.717, 1.165) is 15.6 Å². The van der Waals surface area contributed by atoms with Gasteiger partial charge in [-0.1, -0.05) is 0 Å². The highest BCUT2D eigenvalue weighted by Crippen LogP contribution is 2.26. The smallest absolute Gasteiger partial charge is 0.339 e. The van der Waals surface area contributed by atoms with E-state index < -0.39 is 5.97 Å². The van der Waals surface area contributed by atoms with E-state index in [1.165, 1.54) is 13.2 Å². The number of rotatable bonds is 5. The molecule has 0 fully saturated rings. The third-order valence-corrected chi connectivity index (χ3v) is 3.89. The number of carboxylic acid groups (broad SMARTS) is 1. The maximum absolute atomic E-state index is 11.2. The molecule has 0 atom stereocenters. The zero-order valence-corrected chi connectivity index (χ0v) is 12.3. The number of hydrogen-bond acceptors (Lipinski definition) is 5. The first-order valence-corrected chi connectivity index (χ1v) is 6.80. The molecular formula is C14H15NO4S. The summed E-state index contributed by atoms with van der Waals surface area (Å²) < 4.78 is 10.7. The van der Waals surface area contributed by atoms with E-state index in [1.807, 2.05) is 13.8 Å². The van der Waals surface area contributed by atoms with E-state index in [0.29, 0.717) is 5.75 Å². The number of benzene rings is 1. The molecule has 106 valence electrons. The van der Waals surface area contributed by atoms with Crippen molar-refractivity contribution in [1.29, 1.82) is 0 Å². The molecule has 2 rings (SSSR count). The molecule has 1 N–H and O–H groups in total. The lowest BCUT2D eigenvalue weighted by Gasteiger charge is -2.09. The Morgan fingerprint density at radius 2 is 2.15 bits per heavy atom. The van der Waals surface area contributed by atoms with Crippen molar-refractivity contribution in [1.82, 2.24) is 4.98 Å². The van der Waals surface area contributed by atoms with Crippen LogP contribution in [0.1, 0.15) is 25.9 Å². The molecule has 0 aliphatic rings. The molecule has 1 aromatic carbocycles. The zero-order valence-electron chi connectivity index (χ0n) is 11.5. The van der Waals surface area contributed by atoms with Crippen molar-refractivity contribution in [3.63, 3.8) is 0 Å². The van der Waals surface area contributed by atoms with Crippen LogP contribution in [0.25, 0.3) is 0 Å². The number of nitrogens with zero attached hydrogens (tertiary/aromatic N) is 1. The summed E-state index contributed by atoms with van der Waals surface area (Å²) in [5.41, 5.74) is 1.08. The monoisotopic (exact) mass is 293 g/mol. The summed E-state index contributed by atoms with van der Waals surface area (Å²) in [7, 11) is 1.52. The van der Waals surface area contributed by atoms with Gasteiger partial charge in [0.2, 0.25) is 0 Å². The average molecular weight is 293 g/mol. The molecule has 0 spiro atoms. The summed E-state index contributed by atoms with van der Waals surface area (Å²) in [6.45, 7) is 4.17. The van der Waals surface area contributed by atoms with Crippen LogP contribution in [0.3, 0.4) is 0 Å². The summed E-state index contributed by atoms with van der Waals surface area (Å²) in [6, 6.07) is 4.62. The van der Waals surface area contributed by atoms with Crippen LogP contribution in [0, 0.1) is 13.8 Å². The first-order valence-electron chi connectivity index (χ1n) is 5.98. The van der Waals surface area contributed by atoms with Crippen LogP contribution in [0.5, 0.6) is 11.5 Å². The second-order valence-electron chi connectivity index (χ2n) is 4.21. The van der Waals surface area contributed by atoms with Gasteiger partial charge in [-0.2, -0.15) is 0 Å². The van der Waals surface area contributed by atoms with Gasteiger partial charge < -0.3 is 14.6 Å². The maximum atomic E-state index is 11.2. The lowest BCUT2D eigenvalue weighted by atomic mass is 10.2. The first-order chi connectivity index (χ1) is 9.51. The molecule has 0 aliphatic heterocycles. The van der Waals surface area contributed by atoms with Crippen molar-refractivity contribution in [2.75, 3.05) is 7.11 Å². The van der Waals surface area contributed by atoms with E-state index in [4.69, 9.17) is 14.6 Å². The molecule has 20 heavy (non-hydrogen) atoms. The largest absolute Gasteiger partial charge is 0.497 e. The van der Waals surface area contributed by atoms with Gasteiger partial charge in [-0.05, 0) is 26.0 Å². The number of ether oxygens (including phenoxy) is 2. The van der Waals surface area contributed by atoms with Gasteiger partial charge in [0.25, 0.3) is 0 Å². The fraction of sp³-hybridized carbons (Fsp3) is 0.286. The molecule has 2 aromatic rings. The number of aromatic nitrogens is 1. The highest BCUT2D eigenvalue weighted by Gasteiger charge is 2.13. The number of carbonyl (C=O) groups is 1. The highest BCUT2D eigenvalue weighted by molar-refractivity contribution is 7.11. The molecule has 0 saturated carbocycles. The number of hydrogen-bond donors (Lipinski definition) is 1. The van der Waals surface area contributed by atoms with Crippen molar-refractivity contribution >= 4 is 17.3 Å². The van der Waals surface area contributed by atoms with Gasteiger partial charge >= 0.3 is 5.97 Å². The Kier molecular flexibility index (Phi) is 4.24. The summed E-state index contributed by atoms with van der Waals surface area (Å²) in [5.74, 6) is -0.201. The van der Waals surface area contributed by atoms with E-state index in [2.05, 4.69) is 4.98 Å². The zero-order chi connectivity index (χ0) is 14.7. The molecule has 1 heterocycles. The highest BCUT2D eigenvalue weighted by atomic mass is 32.1. The number of aryl methyl sites for hydroxylation is 2. The van der Waals surface area contributed by atoms with Crippen molar-refractivity contribution in [3.8, 4) is 11.5 Å². The Hall–Kier alpha value is -2.08. The Balaban J connectivity index is 2.20. The minimum atomic E-state index is -1.03. The van der Waals surface area contributed by atoms with Gasteiger partial charge in [-0.15, -0.1) is 11.3 Å². The van der Waals surface area contributed by atoms with Crippen molar-refractivity contribution in [3.05, 3.63) is 39.3 Å². The second-order valence-corrected chi connectivity index (χ2v) is 5.49. The van der Waals surface area contributed by atoms with Crippen LogP contribution in [-0.2, 0) is 6.61 Å². The molecule has 5 nitrogen and oxygen atoms in total. The maximum Gasteiger partial charge on any atom is 0.339 e. The van der Waals surface area contributed by atoms with Crippen molar-refractivity contribution in [2.24, 2.45) is 0 Å². The van der Waals surface area contributed by atoms with Crippen LogP contribution in [0.15, 0.2) is 18.2 Å². The molecule has 0 saturated heterocycles. The van der Waals surface area contributed by atoms with E-state index >= 15 is 0 Å². The molecule has 1 aromatic heterocycles. The summed E-state index contributed by atoms with van der Waals surface area (Å²) >= 11 is 1.54. The van der Waals surface area contributed by atoms with Crippen LogP contribution < -0.4 is 9.47 Å². The summed E-state index contributed by atoms with van der Waals surface area (Å²) in [4.78, 5) is 16.6. The topological polar surface area (TPSA) is 68.7 Å². The number of thiazole rings is 1. The molecule has 0 bridgehead atoms. The van der Waals surface area contributed by atoms with Crippen LogP contribution in [-0.4, -0.2) is 23.2 Å². The molecule has 0 radical (unpaired) electrons. The fourth-order valence-corrected chi connectivity index (χ4v) is 2.51. The molecule has 0 aliphatic carbocycles. The Morgan fingerprint density at radius 3 is 2.70 bits per heavy atom. The minimum Gasteiger partial charge on any atom is -0.497 e. The van der Waals surface area contributed by atoms with E-state index in [9.17, 15) is 4.79 Å². The molecule has 6 heteroatoms. The quantitative estimate of drug-likeness (QED) is 0.917. The summed E-state index contributed by atoms with van der Waals surface area (Å²) in [6.07, 6.45) is 0. The van der Waals surface area contributed by atoms with Crippen LogP contribution in [0.2, 0.25) is 0 Å².